The van der Waals surface area contributed by atoms with Gasteiger partial charge in [-0.05, 0) is 55.0 Å². The highest BCUT2D eigenvalue weighted by atomic mass is 19.1. The summed E-state index contributed by atoms with van der Waals surface area (Å²) in [4.78, 5) is 25.9. The number of carbonyl (C=O) groups is 2. The average Bonchev–Trinajstić information content (AvgIpc) is 2.81. The molecule has 0 spiro atoms. The number of carbonyl (C=O) groups excluding carboxylic acids is 2. The minimum absolute atomic E-state index is 0.0386. The molecule has 7 heteroatoms. The van der Waals surface area contributed by atoms with E-state index in [1.165, 1.54) is 26.4 Å². The minimum Gasteiger partial charge on any atom is -0.497 e. The van der Waals surface area contributed by atoms with Crippen molar-refractivity contribution in [3.8, 4) is 11.5 Å². The van der Waals surface area contributed by atoms with Crippen molar-refractivity contribution in [3.63, 3.8) is 0 Å². The zero-order valence-electron chi connectivity index (χ0n) is 17.9. The van der Waals surface area contributed by atoms with Crippen LogP contribution >= 0.6 is 0 Å². The number of methoxy groups -OCH3 is 2. The molecule has 3 aromatic rings. The average molecular weight is 434 g/mol. The van der Waals surface area contributed by atoms with Gasteiger partial charge in [0.25, 0.3) is 11.8 Å². The van der Waals surface area contributed by atoms with E-state index < -0.39 is 17.6 Å². The molecule has 0 aliphatic heterocycles. The van der Waals surface area contributed by atoms with E-state index in [2.05, 4.69) is 10.6 Å². The molecule has 0 radical (unpaired) electrons. The van der Waals surface area contributed by atoms with Gasteiger partial charge in [-0.15, -0.1) is 0 Å². The Bertz CT molecular complexity index is 1170. The number of rotatable bonds is 7. The lowest BCUT2D eigenvalue weighted by Gasteiger charge is -2.13. The Labute approximate surface area is 185 Å². The molecule has 2 amide bonds. The monoisotopic (exact) mass is 434 g/mol. The van der Waals surface area contributed by atoms with E-state index in [0.717, 1.165) is 0 Å². The van der Waals surface area contributed by atoms with Gasteiger partial charge in [-0.1, -0.05) is 30.3 Å². The minimum atomic E-state index is -0.615. The maximum absolute atomic E-state index is 13.9. The molecule has 164 valence electrons. The number of aryl methyl sites for hydroxylation is 1. The van der Waals surface area contributed by atoms with Crippen LogP contribution in [0.4, 0.5) is 10.1 Å². The highest BCUT2D eigenvalue weighted by Crippen LogP contribution is 2.21. The van der Waals surface area contributed by atoms with Crippen molar-refractivity contribution < 1.29 is 23.5 Å². The Kier molecular flexibility index (Phi) is 7.23. The summed E-state index contributed by atoms with van der Waals surface area (Å²) in [6.07, 6.45) is 1.50. The Balaban J connectivity index is 1.94. The molecule has 2 N–H and O–H groups in total. The van der Waals surface area contributed by atoms with Crippen LogP contribution in [0.3, 0.4) is 0 Å². The number of hydrogen-bond donors (Lipinski definition) is 2. The van der Waals surface area contributed by atoms with Crippen molar-refractivity contribution in [2.75, 3.05) is 19.5 Å². The summed E-state index contributed by atoms with van der Waals surface area (Å²) in [5, 5.41) is 5.26. The molecule has 0 heterocycles. The normalized spacial score (nSPS) is 10.9. The Hall–Kier alpha value is -4.13. The molecule has 0 aliphatic rings. The summed E-state index contributed by atoms with van der Waals surface area (Å²) in [7, 11) is 3.01. The Morgan fingerprint density at radius 3 is 2.44 bits per heavy atom. The molecule has 6 nitrogen and oxygen atoms in total. The lowest BCUT2D eigenvalue weighted by Crippen LogP contribution is -2.30. The summed E-state index contributed by atoms with van der Waals surface area (Å²) in [6.45, 7) is 1.63. The van der Waals surface area contributed by atoms with Crippen LogP contribution < -0.4 is 20.1 Å². The van der Waals surface area contributed by atoms with Crippen molar-refractivity contribution in [2.24, 2.45) is 0 Å². The Morgan fingerprint density at radius 1 is 0.938 bits per heavy atom. The third kappa shape index (κ3) is 5.51. The van der Waals surface area contributed by atoms with E-state index >= 15 is 0 Å². The number of ether oxygens (including phenoxy) is 2. The fraction of sp³-hybridized carbons (Fsp3) is 0.120. The van der Waals surface area contributed by atoms with Crippen molar-refractivity contribution >= 4 is 23.6 Å². The maximum atomic E-state index is 13.9. The molecular weight excluding hydrogens is 411 g/mol. The van der Waals surface area contributed by atoms with Gasteiger partial charge in [0, 0.05) is 16.8 Å². The van der Waals surface area contributed by atoms with E-state index in [0.29, 0.717) is 28.2 Å². The molecule has 0 atom stereocenters. The summed E-state index contributed by atoms with van der Waals surface area (Å²) in [6, 6.07) is 18.0. The predicted molar refractivity (Wildman–Crippen MR) is 121 cm³/mol. The number of para-hydroxylation sites is 1. The quantitative estimate of drug-likeness (QED) is 0.535. The molecule has 3 rings (SSSR count). The molecule has 0 aromatic heterocycles. The van der Waals surface area contributed by atoms with Crippen LogP contribution in [0.25, 0.3) is 6.08 Å². The first-order valence-electron chi connectivity index (χ1n) is 9.79. The van der Waals surface area contributed by atoms with Crippen molar-refractivity contribution in [2.45, 2.75) is 6.92 Å². The first-order valence-corrected chi connectivity index (χ1v) is 9.79. The molecule has 0 unspecified atom stereocenters. The number of hydrogen-bond acceptors (Lipinski definition) is 4. The van der Waals surface area contributed by atoms with Crippen LogP contribution in [0.5, 0.6) is 11.5 Å². The largest absolute Gasteiger partial charge is 0.497 e. The summed E-state index contributed by atoms with van der Waals surface area (Å²) < 4.78 is 24.4. The third-order valence-corrected chi connectivity index (χ3v) is 4.69. The van der Waals surface area contributed by atoms with Gasteiger partial charge in [0.15, 0.2) is 0 Å². The topological polar surface area (TPSA) is 76.7 Å². The standard InChI is InChI=1S/C25H23FN2O4/c1-16-11-12-19(15-21(16)26)27-25(30)22(14-17-7-4-5-10-23(17)32-3)28-24(29)18-8-6-9-20(13-18)31-2/h4-15H,1-3H3,(H,27,30)(H,28,29)/b22-14-. The third-order valence-electron chi connectivity index (χ3n) is 4.69. The van der Waals surface area contributed by atoms with Crippen LogP contribution in [0.15, 0.2) is 72.4 Å². The molecule has 0 fully saturated rings. The molecule has 32 heavy (non-hydrogen) atoms. The smallest absolute Gasteiger partial charge is 0.272 e. The van der Waals surface area contributed by atoms with E-state index in [1.807, 2.05) is 0 Å². The zero-order chi connectivity index (χ0) is 23.1. The summed E-state index contributed by atoms with van der Waals surface area (Å²) in [5.74, 6) is -0.536. The second kappa shape index (κ2) is 10.3. The van der Waals surface area contributed by atoms with Gasteiger partial charge >= 0.3 is 0 Å². The first kappa shape index (κ1) is 22.6. The molecule has 0 aliphatic carbocycles. The predicted octanol–water partition coefficient (Wildman–Crippen LogP) is 4.56. The molecule has 0 saturated heterocycles. The van der Waals surface area contributed by atoms with E-state index in [9.17, 15) is 14.0 Å². The van der Waals surface area contributed by atoms with Crippen LogP contribution in [0, 0.1) is 12.7 Å². The molecule has 0 saturated carbocycles. The number of amides is 2. The summed E-state index contributed by atoms with van der Waals surface area (Å²) in [5.41, 5.74) is 1.58. The van der Waals surface area contributed by atoms with Gasteiger partial charge in [-0.3, -0.25) is 9.59 Å². The van der Waals surface area contributed by atoms with E-state index in [1.54, 1.807) is 67.6 Å². The number of anilines is 1. The number of nitrogens with one attached hydrogen (secondary N) is 2. The van der Waals surface area contributed by atoms with Gasteiger partial charge in [-0.2, -0.15) is 0 Å². The van der Waals surface area contributed by atoms with Crippen LogP contribution in [0.2, 0.25) is 0 Å². The lowest BCUT2D eigenvalue weighted by atomic mass is 10.1. The van der Waals surface area contributed by atoms with Gasteiger partial charge in [0.2, 0.25) is 0 Å². The van der Waals surface area contributed by atoms with Gasteiger partial charge in [-0.25, -0.2) is 4.39 Å². The molecule has 3 aromatic carbocycles. The fourth-order valence-electron chi connectivity index (χ4n) is 2.93. The summed E-state index contributed by atoms with van der Waals surface area (Å²) >= 11 is 0. The first-order chi connectivity index (χ1) is 15.4. The van der Waals surface area contributed by atoms with Crippen LogP contribution in [-0.4, -0.2) is 26.0 Å². The van der Waals surface area contributed by atoms with E-state index in [4.69, 9.17) is 9.47 Å². The maximum Gasteiger partial charge on any atom is 0.272 e. The second-order valence-electron chi connectivity index (χ2n) is 6.90. The number of halogens is 1. The van der Waals surface area contributed by atoms with Crippen molar-refractivity contribution in [3.05, 3.63) is 94.9 Å². The van der Waals surface area contributed by atoms with Crippen molar-refractivity contribution in [1.29, 1.82) is 0 Å². The Morgan fingerprint density at radius 2 is 1.72 bits per heavy atom. The van der Waals surface area contributed by atoms with Crippen LogP contribution in [0.1, 0.15) is 21.5 Å². The van der Waals surface area contributed by atoms with Gasteiger partial charge in [0.05, 0.1) is 14.2 Å². The second-order valence-corrected chi connectivity index (χ2v) is 6.90. The highest BCUT2D eigenvalue weighted by Gasteiger charge is 2.17. The lowest BCUT2D eigenvalue weighted by molar-refractivity contribution is -0.113. The van der Waals surface area contributed by atoms with Crippen LogP contribution in [-0.2, 0) is 4.79 Å². The van der Waals surface area contributed by atoms with Gasteiger partial charge < -0.3 is 20.1 Å². The SMILES string of the molecule is COc1cccc(C(=O)N/C(=C\c2ccccc2OC)C(=O)Nc2ccc(C)c(F)c2)c1. The zero-order valence-corrected chi connectivity index (χ0v) is 17.9. The fourth-order valence-corrected chi connectivity index (χ4v) is 2.93. The van der Waals surface area contributed by atoms with E-state index in [-0.39, 0.29) is 11.4 Å². The van der Waals surface area contributed by atoms with Crippen molar-refractivity contribution in [1.82, 2.24) is 5.32 Å². The molecular formula is C25H23FN2O4. The van der Waals surface area contributed by atoms with Gasteiger partial charge in [0.1, 0.15) is 23.0 Å². The molecule has 0 bridgehead atoms. The highest BCUT2D eigenvalue weighted by molar-refractivity contribution is 6.10. The number of benzene rings is 3.